The molecule has 1 amide bonds. The number of anilines is 1. The van der Waals surface area contributed by atoms with Gasteiger partial charge in [-0.2, -0.15) is 0 Å². The van der Waals surface area contributed by atoms with E-state index in [-0.39, 0.29) is 5.91 Å². The van der Waals surface area contributed by atoms with Gasteiger partial charge in [-0.25, -0.2) is 0 Å². The maximum atomic E-state index is 13.2. The van der Waals surface area contributed by atoms with Crippen LogP contribution in [0.2, 0.25) is 0 Å². The second-order valence-electron chi connectivity index (χ2n) is 9.00. The van der Waals surface area contributed by atoms with Gasteiger partial charge in [0.05, 0.1) is 14.2 Å². The second-order valence-corrected chi connectivity index (χ2v) is 9.00. The van der Waals surface area contributed by atoms with Crippen molar-refractivity contribution < 1.29 is 14.3 Å². The minimum absolute atomic E-state index is 0.258. The lowest BCUT2D eigenvalue weighted by Gasteiger charge is -2.24. The van der Waals surface area contributed by atoms with Crippen molar-refractivity contribution in [3.05, 3.63) is 53.6 Å². The maximum Gasteiger partial charge on any atom is 0.222 e. The Morgan fingerprint density at radius 3 is 2.22 bits per heavy atom. The first kappa shape index (κ1) is 24.0. The van der Waals surface area contributed by atoms with E-state index in [2.05, 4.69) is 35.2 Å². The molecule has 0 heterocycles. The van der Waals surface area contributed by atoms with Crippen LogP contribution in [0.5, 0.6) is 11.5 Å². The number of carbonyl (C=O) groups excluding carboxylic acids is 1. The standard InChI is InChI=1S/C27H38N2O3/c1-28(2)24-13-9-23(10-14-24)20-29(27(30)16-12-21-7-5-6-8-21)18-17-22-11-15-25(31-3)26(19-22)32-4/h9-11,13-15,19,21H,5-8,12,16-18,20H2,1-4H3. The molecule has 0 unspecified atom stereocenters. The number of hydrogen-bond donors (Lipinski definition) is 0. The highest BCUT2D eigenvalue weighted by molar-refractivity contribution is 5.76. The second kappa shape index (κ2) is 11.8. The van der Waals surface area contributed by atoms with Crippen LogP contribution in [0.1, 0.15) is 49.7 Å². The third-order valence-corrected chi connectivity index (χ3v) is 6.54. The highest BCUT2D eigenvalue weighted by atomic mass is 16.5. The van der Waals surface area contributed by atoms with Crippen molar-refractivity contribution in [3.63, 3.8) is 0 Å². The molecule has 0 spiro atoms. The Morgan fingerprint density at radius 2 is 1.59 bits per heavy atom. The lowest BCUT2D eigenvalue weighted by atomic mass is 10.0. The molecule has 174 valence electrons. The van der Waals surface area contributed by atoms with Crippen LogP contribution in [0.3, 0.4) is 0 Å². The van der Waals surface area contributed by atoms with Crippen LogP contribution in [-0.2, 0) is 17.8 Å². The highest BCUT2D eigenvalue weighted by Gasteiger charge is 2.20. The first-order valence-electron chi connectivity index (χ1n) is 11.7. The Labute approximate surface area is 193 Å². The number of hydrogen-bond acceptors (Lipinski definition) is 4. The molecule has 3 rings (SSSR count). The molecule has 0 bridgehead atoms. The monoisotopic (exact) mass is 438 g/mol. The van der Waals surface area contributed by atoms with Crippen molar-refractivity contribution in [2.45, 2.75) is 51.5 Å². The van der Waals surface area contributed by atoms with E-state index in [4.69, 9.17) is 9.47 Å². The lowest BCUT2D eigenvalue weighted by Crippen LogP contribution is -2.32. The number of amides is 1. The number of benzene rings is 2. The molecule has 0 atom stereocenters. The molecular weight excluding hydrogens is 400 g/mol. The fourth-order valence-electron chi connectivity index (χ4n) is 4.50. The number of ether oxygens (including phenoxy) is 2. The summed E-state index contributed by atoms with van der Waals surface area (Å²) in [6, 6.07) is 14.5. The predicted molar refractivity (Wildman–Crippen MR) is 131 cm³/mol. The molecule has 2 aromatic rings. The summed E-state index contributed by atoms with van der Waals surface area (Å²) in [6.45, 7) is 1.33. The van der Waals surface area contributed by atoms with Crippen molar-refractivity contribution in [3.8, 4) is 11.5 Å². The van der Waals surface area contributed by atoms with Crippen molar-refractivity contribution in [2.75, 3.05) is 39.8 Å². The van der Waals surface area contributed by atoms with E-state index in [1.165, 1.54) is 25.7 Å². The Morgan fingerprint density at radius 1 is 0.938 bits per heavy atom. The molecule has 0 aromatic heterocycles. The zero-order chi connectivity index (χ0) is 22.9. The third-order valence-electron chi connectivity index (χ3n) is 6.54. The van der Waals surface area contributed by atoms with Crippen LogP contribution < -0.4 is 14.4 Å². The molecule has 0 N–H and O–H groups in total. The summed E-state index contributed by atoms with van der Waals surface area (Å²) in [6.07, 6.45) is 7.65. The van der Waals surface area contributed by atoms with Gasteiger partial charge in [0.15, 0.2) is 11.5 Å². The van der Waals surface area contributed by atoms with E-state index in [1.807, 2.05) is 31.1 Å². The van der Waals surface area contributed by atoms with Crippen molar-refractivity contribution in [2.24, 2.45) is 5.92 Å². The third kappa shape index (κ3) is 6.65. The van der Waals surface area contributed by atoms with Crippen LogP contribution in [0.4, 0.5) is 5.69 Å². The summed E-state index contributed by atoms with van der Waals surface area (Å²) in [5, 5.41) is 0. The maximum absolute atomic E-state index is 13.2. The molecule has 0 radical (unpaired) electrons. The van der Waals surface area contributed by atoms with Gasteiger partial charge in [0.1, 0.15) is 0 Å². The van der Waals surface area contributed by atoms with E-state index in [0.29, 0.717) is 19.5 Å². The van der Waals surface area contributed by atoms with Crippen molar-refractivity contribution >= 4 is 11.6 Å². The fraction of sp³-hybridized carbons (Fsp3) is 0.519. The van der Waals surface area contributed by atoms with Gasteiger partial charge in [-0.05, 0) is 54.2 Å². The molecule has 5 nitrogen and oxygen atoms in total. The minimum atomic E-state index is 0.258. The summed E-state index contributed by atoms with van der Waals surface area (Å²) in [7, 11) is 7.37. The van der Waals surface area contributed by atoms with E-state index < -0.39 is 0 Å². The Kier molecular flexibility index (Phi) is 8.83. The zero-order valence-corrected chi connectivity index (χ0v) is 20.1. The number of rotatable bonds is 11. The van der Waals surface area contributed by atoms with Gasteiger partial charge >= 0.3 is 0 Å². The summed E-state index contributed by atoms with van der Waals surface area (Å²) >= 11 is 0. The average Bonchev–Trinajstić information content (AvgIpc) is 3.34. The van der Waals surface area contributed by atoms with Crippen molar-refractivity contribution in [1.82, 2.24) is 4.90 Å². The lowest BCUT2D eigenvalue weighted by molar-refractivity contribution is -0.132. The van der Waals surface area contributed by atoms with Gasteiger partial charge in [-0.15, -0.1) is 0 Å². The Bertz CT molecular complexity index is 858. The SMILES string of the molecule is COc1ccc(CCN(Cc2ccc(N(C)C)cc2)C(=O)CCC2CCCC2)cc1OC. The normalized spacial score (nSPS) is 13.8. The van der Waals surface area contributed by atoms with Gasteiger partial charge in [-0.1, -0.05) is 43.9 Å². The number of methoxy groups -OCH3 is 2. The van der Waals surface area contributed by atoms with Crippen LogP contribution in [-0.4, -0.2) is 45.7 Å². The van der Waals surface area contributed by atoms with Crippen LogP contribution in [0.25, 0.3) is 0 Å². The molecule has 0 aliphatic heterocycles. The van der Waals surface area contributed by atoms with Gasteiger partial charge in [0.25, 0.3) is 0 Å². The Balaban J connectivity index is 1.68. The smallest absolute Gasteiger partial charge is 0.222 e. The highest BCUT2D eigenvalue weighted by Crippen LogP contribution is 2.30. The van der Waals surface area contributed by atoms with E-state index in [1.54, 1.807) is 14.2 Å². The van der Waals surface area contributed by atoms with Gasteiger partial charge < -0.3 is 19.3 Å². The zero-order valence-electron chi connectivity index (χ0n) is 20.1. The largest absolute Gasteiger partial charge is 0.493 e. The first-order valence-corrected chi connectivity index (χ1v) is 11.7. The van der Waals surface area contributed by atoms with E-state index >= 15 is 0 Å². The number of carbonyl (C=O) groups is 1. The van der Waals surface area contributed by atoms with Crippen molar-refractivity contribution in [1.29, 1.82) is 0 Å². The Hall–Kier alpha value is -2.69. The summed E-state index contributed by atoms with van der Waals surface area (Å²) in [4.78, 5) is 17.3. The summed E-state index contributed by atoms with van der Waals surface area (Å²) in [5.74, 6) is 2.44. The minimum Gasteiger partial charge on any atom is -0.493 e. The van der Waals surface area contributed by atoms with Gasteiger partial charge in [-0.3, -0.25) is 4.79 Å². The van der Waals surface area contributed by atoms with E-state index in [0.717, 1.165) is 47.1 Å². The van der Waals surface area contributed by atoms with Crippen LogP contribution >= 0.6 is 0 Å². The predicted octanol–water partition coefficient (Wildman–Crippen LogP) is 5.31. The van der Waals surface area contributed by atoms with E-state index in [9.17, 15) is 4.79 Å². The molecule has 0 saturated heterocycles. The number of nitrogens with zero attached hydrogens (tertiary/aromatic N) is 2. The molecule has 1 saturated carbocycles. The summed E-state index contributed by atoms with van der Waals surface area (Å²) in [5.41, 5.74) is 3.47. The average molecular weight is 439 g/mol. The molecule has 1 aliphatic rings. The van der Waals surface area contributed by atoms with Crippen LogP contribution in [0.15, 0.2) is 42.5 Å². The molecule has 1 aliphatic carbocycles. The molecular formula is C27H38N2O3. The molecule has 5 heteroatoms. The molecule has 32 heavy (non-hydrogen) atoms. The fourth-order valence-corrected chi connectivity index (χ4v) is 4.50. The molecule has 1 fully saturated rings. The summed E-state index contributed by atoms with van der Waals surface area (Å²) < 4.78 is 10.8. The quantitative estimate of drug-likeness (QED) is 0.477. The van der Waals surface area contributed by atoms with Crippen LogP contribution in [0, 0.1) is 5.92 Å². The van der Waals surface area contributed by atoms with Gasteiger partial charge in [0.2, 0.25) is 5.91 Å². The molecule has 2 aromatic carbocycles. The van der Waals surface area contributed by atoms with Gasteiger partial charge in [0, 0.05) is 39.3 Å². The topological polar surface area (TPSA) is 42.0 Å². The first-order chi connectivity index (χ1) is 15.5.